The lowest BCUT2D eigenvalue weighted by molar-refractivity contribution is 0.173. The molecule has 4 aromatic rings. The summed E-state index contributed by atoms with van der Waals surface area (Å²) in [4.78, 5) is 16.9. The molecule has 3 heterocycles. The molecule has 0 aliphatic heterocycles. The van der Waals surface area contributed by atoms with Crippen molar-refractivity contribution < 1.29 is 27.0 Å². The second-order valence-corrected chi connectivity index (χ2v) is 8.81. The van der Waals surface area contributed by atoms with Gasteiger partial charge in [-0.2, -0.15) is 9.97 Å². The first-order valence-electron chi connectivity index (χ1n) is 9.13. The lowest BCUT2D eigenvalue weighted by atomic mass is 10.1. The third-order valence-electron chi connectivity index (χ3n) is 4.57. The smallest absolute Gasteiger partial charge is 0.266 e. The third kappa shape index (κ3) is 4.07. The molecule has 0 bridgehead atoms. The van der Waals surface area contributed by atoms with Crippen LogP contribution in [0.3, 0.4) is 0 Å². The van der Waals surface area contributed by atoms with Crippen molar-refractivity contribution in [3.05, 3.63) is 41.3 Å². The Kier molecular flexibility index (Phi) is 6.14. The van der Waals surface area contributed by atoms with E-state index in [1.165, 1.54) is 25.0 Å². The molecule has 33 heavy (non-hydrogen) atoms. The van der Waals surface area contributed by atoms with Crippen molar-refractivity contribution in [3.8, 4) is 34.8 Å². The van der Waals surface area contributed by atoms with E-state index in [1.807, 2.05) is 0 Å². The van der Waals surface area contributed by atoms with Gasteiger partial charge < -0.3 is 14.2 Å². The Morgan fingerprint density at radius 1 is 1.12 bits per heavy atom. The molecule has 3 aromatic heterocycles. The van der Waals surface area contributed by atoms with Crippen molar-refractivity contribution in [2.75, 3.05) is 21.1 Å². The van der Waals surface area contributed by atoms with Gasteiger partial charge in [-0.25, -0.2) is 27.9 Å². The van der Waals surface area contributed by atoms with Crippen LogP contribution in [-0.2, 0) is 10.0 Å². The number of alkyl halides is 1. The summed E-state index contributed by atoms with van der Waals surface area (Å²) in [6.45, 7) is -1.17. The highest BCUT2D eigenvalue weighted by Crippen LogP contribution is 2.40. The molecule has 14 heteroatoms. The number of halogens is 2. The summed E-state index contributed by atoms with van der Waals surface area (Å²) in [6.07, 6.45) is 4.36. The zero-order valence-electron chi connectivity index (χ0n) is 17.2. The molecule has 0 saturated heterocycles. The maximum Gasteiger partial charge on any atom is 0.266 e. The van der Waals surface area contributed by atoms with Crippen LogP contribution in [0.1, 0.15) is 0 Å². The molecule has 0 aliphatic carbocycles. The molecular formula is C19H16BrFN6O5S. The van der Waals surface area contributed by atoms with Crippen molar-refractivity contribution in [2.45, 2.75) is 4.90 Å². The third-order valence-corrected chi connectivity index (χ3v) is 6.17. The largest absolute Gasteiger partial charge is 0.478 e. The number of aromatic nitrogens is 5. The number of nitrogens with zero attached hydrogens (tertiary/aromatic N) is 5. The standard InChI is InChI=1S/C19H16BrFN6O5S/c1-30-17-15(32-9-21)18(31-2)26-19(25-17)27-8-12(33(22,28)29)10-4-5-11(20)13(14(10)27)16-23-6-3-7-24-16/h3-8H,9H2,1-2H3,(H2,22,28,29). The average Bonchev–Trinajstić information content (AvgIpc) is 3.20. The van der Waals surface area contributed by atoms with Crippen LogP contribution in [0.15, 0.2) is 46.2 Å². The van der Waals surface area contributed by atoms with E-state index in [9.17, 15) is 12.8 Å². The van der Waals surface area contributed by atoms with E-state index in [0.717, 1.165) is 0 Å². The Labute approximate surface area is 195 Å². The highest BCUT2D eigenvalue weighted by molar-refractivity contribution is 9.10. The molecule has 0 atom stereocenters. The number of nitrogens with two attached hydrogens (primary N) is 1. The van der Waals surface area contributed by atoms with Gasteiger partial charge in [0.25, 0.3) is 11.8 Å². The van der Waals surface area contributed by atoms with Crippen LogP contribution >= 0.6 is 15.9 Å². The van der Waals surface area contributed by atoms with Crippen molar-refractivity contribution >= 4 is 36.9 Å². The van der Waals surface area contributed by atoms with E-state index < -0.39 is 16.9 Å². The summed E-state index contributed by atoms with van der Waals surface area (Å²) >= 11 is 3.48. The van der Waals surface area contributed by atoms with Gasteiger partial charge in [-0.1, -0.05) is 6.07 Å². The monoisotopic (exact) mass is 538 g/mol. The van der Waals surface area contributed by atoms with Crippen molar-refractivity contribution in [2.24, 2.45) is 5.14 Å². The number of rotatable bonds is 7. The van der Waals surface area contributed by atoms with Crippen LogP contribution < -0.4 is 19.3 Å². The molecule has 0 spiro atoms. The quantitative estimate of drug-likeness (QED) is 0.375. The van der Waals surface area contributed by atoms with Crippen LogP contribution in [0.25, 0.3) is 28.2 Å². The maximum absolute atomic E-state index is 12.9. The topological polar surface area (TPSA) is 144 Å². The number of fused-ring (bicyclic) bond motifs is 1. The summed E-state index contributed by atoms with van der Waals surface area (Å²) in [6, 6.07) is 4.89. The normalized spacial score (nSPS) is 11.5. The lowest BCUT2D eigenvalue weighted by Crippen LogP contribution is -2.11. The van der Waals surface area contributed by atoms with Crippen molar-refractivity contribution in [1.82, 2.24) is 24.5 Å². The zero-order chi connectivity index (χ0) is 23.8. The average molecular weight is 539 g/mol. The molecule has 172 valence electrons. The van der Waals surface area contributed by atoms with Gasteiger partial charge in [-0.3, -0.25) is 4.57 Å². The fraction of sp³-hybridized carbons (Fsp3) is 0.158. The molecule has 0 radical (unpaired) electrons. The van der Waals surface area contributed by atoms with Gasteiger partial charge in [-0.15, -0.1) is 0 Å². The predicted molar refractivity (Wildman–Crippen MR) is 119 cm³/mol. The van der Waals surface area contributed by atoms with Gasteiger partial charge in [0.1, 0.15) is 4.90 Å². The molecular weight excluding hydrogens is 523 g/mol. The van der Waals surface area contributed by atoms with E-state index in [0.29, 0.717) is 21.4 Å². The molecule has 0 amide bonds. The zero-order valence-corrected chi connectivity index (χ0v) is 19.6. The molecule has 2 N–H and O–H groups in total. The number of hydrogen-bond acceptors (Lipinski definition) is 9. The Morgan fingerprint density at radius 2 is 1.76 bits per heavy atom. The fourth-order valence-electron chi connectivity index (χ4n) is 3.25. The number of methoxy groups -OCH3 is 2. The minimum Gasteiger partial charge on any atom is -0.478 e. The Balaban J connectivity index is 2.14. The van der Waals surface area contributed by atoms with E-state index in [-0.39, 0.29) is 33.7 Å². The summed E-state index contributed by atoms with van der Waals surface area (Å²) < 4.78 is 54.9. The Morgan fingerprint density at radius 3 is 2.30 bits per heavy atom. The minimum absolute atomic E-state index is 0.0508. The van der Waals surface area contributed by atoms with E-state index in [1.54, 1.807) is 30.6 Å². The van der Waals surface area contributed by atoms with Gasteiger partial charge in [0.2, 0.25) is 28.6 Å². The van der Waals surface area contributed by atoms with Crippen molar-refractivity contribution in [3.63, 3.8) is 0 Å². The predicted octanol–water partition coefficient (Wildman–Crippen LogP) is 2.61. The first-order valence-corrected chi connectivity index (χ1v) is 11.5. The fourth-order valence-corrected chi connectivity index (χ4v) is 4.48. The number of ether oxygens (including phenoxy) is 3. The van der Waals surface area contributed by atoms with Crippen LogP contribution in [0.2, 0.25) is 0 Å². The molecule has 1 aromatic carbocycles. The molecule has 0 unspecified atom stereocenters. The van der Waals surface area contributed by atoms with Crippen LogP contribution in [0.5, 0.6) is 17.5 Å². The van der Waals surface area contributed by atoms with Crippen LogP contribution in [0, 0.1) is 0 Å². The van der Waals surface area contributed by atoms with E-state index >= 15 is 0 Å². The van der Waals surface area contributed by atoms with Gasteiger partial charge in [-0.05, 0) is 28.1 Å². The van der Waals surface area contributed by atoms with Gasteiger partial charge in [0.05, 0.1) is 25.3 Å². The van der Waals surface area contributed by atoms with Crippen LogP contribution in [-0.4, -0.2) is 54.0 Å². The first-order chi connectivity index (χ1) is 15.8. The number of primary sulfonamides is 1. The SMILES string of the molecule is COc1nc(-n2cc(S(N)(=O)=O)c3ccc(Br)c(-c4ncccn4)c32)nc(OC)c1OCF. The Hall–Kier alpha value is -3.36. The second kappa shape index (κ2) is 8.88. The summed E-state index contributed by atoms with van der Waals surface area (Å²) in [5.41, 5.74) is 0.816. The summed E-state index contributed by atoms with van der Waals surface area (Å²) in [7, 11) is -1.53. The Bertz CT molecular complexity index is 1420. The van der Waals surface area contributed by atoms with Gasteiger partial charge in [0.15, 0.2) is 5.82 Å². The summed E-state index contributed by atoms with van der Waals surface area (Å²) in [5.74, 6) is -0.138. The van der Waals surface area contributed by atoms with Gasteiger partial charge >= 0.3 is 0 Å². The molecule has 0 fully saturated rings. The van der Waals surface area contributed by atoms with Crippen LogP contribution in [0.4, 0.5) is 4.39 Å². The molecule has 4 rings (SSSR count). The first kappa shape index (κ1) is 22.8. The number of benzene rings is 1. The second-order valence-electron chi connectivity index (χ2n) is 6.42. The van der Waals surface area contributed by atoms with E-state index in [2.05, 4.69) is 35.9 Å². The number of sulfonamides is 1. The maximum atomic E-state index is 12.9. The highest BCUT2D eigenvalue weighted by atomic mass is 79.9. The van der Waals surface area contributed by atoms with Crippen molar-refractivity contribution in [1.29, 1.82) is 0 Å². The molecule has 0 aliphatic rings. The highest BCUT2D eigenvalue weighted by Gasteiger charge is 2.26. The molecule has 11 nitrogen and oxygen atoms in total. The summed E-state index contributed by atoms with van der Waals surface area (Å²) in [5, 5.41) is 5.77. The lowest BCUT2D eigenvalue weighted by Gasteiger charge is -2.14. The minimum atomic E-state index is -4.15. The van der Waals surface area contributed by atoms with Gasteiger partial charge in [0, 0.05) is 28.4 Å². The van der Waals surface area contributed by atoms with E-state index in [4.69, 9.17) is 19.3 Å². The molecule has 0 saturated carbocycles. The number of hydrogen-bond donors (Lipinski definition) is 1.